The van der Waals surface area contributed by atoms with E-state index in [4.69, 9.17) is 21.1 Å². The van der Waals surface area contributed by atoms with Gasteiger partial charge in [0.1, 0.15) is 6.04 Å². The highest BCUT2D eigenvalue weighted by Crippen LogP contribution is 2.01. The van der Waals surface area contributed by atoms with Gasteiger partial charge in [0, 0.05) is 6.54 Å². The van der Waals surface area contributed by atoms with Gasteiger partial charge in [0.25, 0.3) is 0 Å². The lowest BCUT2D eigenvalue weighted by molar-refractivity contribution is -0.138. The number of rotatable bonds is 5. The summed E-state index contributed by atoms with van der Waals surface area (Å²) in [5, 5.41) is 7.59. The third-order valence-electron chi connectivity index (χ3n) is 1.38. The maximum Gasteiger partial charge on any atom is 0.320 e. The Bertz CT molecular complexity index is 186. The van der Waals surface area contributed by atoms with Crippen LogP contribution in [0.15, 0.2) is 0 Å². The number of carboxylic acids is 1. The molecule has 6 N–H and O–H groups in total. The average Bonchev–Trinajstić information content (AvgIpc) is 1.98. The van der Waals surface area contributed by atoms with E-state index in [1.165, 1.54) is 0 Å². The normalized spacial score (nSPS) is 18.2. The fraction of sp³-hybridized carbons (Fsp3) is 0.800. The van der Waals surface area contributed by atoms with Crippen molar-refractivity contribution in [1.82, 2.24) is 0 Å². The molecule has 12 heavy (non-hydrogen) atoms. The molecule has 0 amide bonds. The van der Waals surface area contributed by atoms with Gasteiger partial charge in [-0.1, -0.05) is 0 Å². The number of carbonyl (C=O) groups is 1. The minimum absolute atomic E-state index is 0.0515. The summed E-state index contributed by atoms with van der Waals surface area (Å²) in [5.41, 5.74) is 10.3. The number of hydrogen-bond donors (Lipinski definition) is 4. The molecule has 0 saturated carbocycles. The Balaban J connectivity index is 4.02. The second-order valence-corrected chi connectivity index (χ2v) is 3.53. The van der Waals surface area contributed by atoms with Crippen LogP contribution in [-0.2, 0) is 15.9 Å². The van der Waals surface area contributed by atoms with E-state index in [1.54, 1.807) is 0 Å². The van der Waals surface area contributed by atoms with Gasteiger partial charge in [-0.15, -0.1) is 0 Å². The summed E-state index contributed by atoms with van der Waals surface area (Å²) >= 11 is -2.11. The van der Waals surface area contributed by atoms with E-state index in [1.807, 2.05) is 0 Å². The summed E-state index contributed by atoms with van der Waals surface area (Å²) in [6.07, 6.45) is -0.0883. The third kappa shape index (κ3) is 3.77. The van der Waals surface area contributed by atoms with E-state index in [-0.39, 0.29) is 13.0 Å². The van der Waals surface area contributed by atoms with Gasteiger partial charge in [-0.25, -0.2) is 4.21 Å². The van der Waals surface area contributed by atoms with E-state index in [0.29, 0.717) is 0 Å². The van der Waals surface area contributed by atoms with E-state index in [9.17, 15) is 9.00 Å². The highest BCUT2D eigenvalue weighted by Gasteiger charge is 2.21. The van der Waals surface area contributed by atoms with Gasteiger partial charge in [0.05, 0.1) is 5.25 Å². The van der Waals surface area contributed by atoms with E-state index in [0.717, 1.165) is 0 Å². The highest BCUT2D eigenvalue weighted by atomic mass is 32.2. The van der Waals surface area contributed by atoms with Crippen molar-refractivity contribution in [3.8, 4) is 0 Å². The summed E-state index contributed by atoms with van der Waals surface area (Å²) in [5.74, 6) is -1.20. The van der Waals surface area contributed by atoms with Crippen LogP contribution in [0.1, 0.15) is 6.42 Å². The summed E-state index contributed by atoms with van der Waals surface area (Å²) in [6.45, 7) is -0.0515. The predicted octanol–water partition coefficient (Wildman–Crippen LogP) is -1.66. The largest absolute Gasteiger partial charge is 0.480 e. The SMILES string of the molecule is NCC(C[C@@H](N)C(=O)O)S(=O)O. The van der Waals surface area contributed by atoms with Crippen LogP contribution in [0.5, 0.6) is 0 Å². The molecule has 0 rings (SSSR count). The molecule has 0 aromatic rings. The second kappa shape index (κ2) is 5.20. The molecule has 0 aliphatic rings. The first-order valence-corrected chi connectivity index (χ1v) is 4.44. The van der Waals surface area contributed by atoms with Crippen molar-refractivity contribution < 1.29 is 18.7 Å². The molecule has 0 aliphatic heterocycles. The monoisotopic (exact) mass is 196 g/mol. The Labute approximate surface area is 72.2 Å². The fourth-order valence-corrected chi connectivity index (χ4v) is 1.18. The molecule has 0 heterocycles. The topological polar surface area (TPSA) is 127 Å². The zero-order chi connectivity index (χ0) is 9.72. The maximum atomic E-state index is 10.5. The van der Waals surface area contributed by atoms with Crippen molar-refractivity contribution >= 4 is 17.0 Å². The first-order chi connectivity index (χ1) is 5.49. The van der Waals surface area contributed by atoms with Crippen LogP contribution in [-0.4, -0.2) is 37.7 Å². The molecule has 0 saturated heterocycles. The number of hydrogen-bond acceptors (Lipinski definition) is 4. The standard InChI is InChI=1S/C5H12N2O4S/c6-2-3(12(10)11)1-4(7)5(8)9/h3-4H,1-2,6-7H2,(H,8,9)(H,10,11)/t3?,4-/m1/s1. The van der Waals surface area contributed by atoms with Crippen molar-refractivity contribution in [3.05, 3.63) is 0 Å². The molecule has 0 radical (unpaired) electrons. The smallest absolute Gasteiger partial charge is 0.320 e. The number of carboxylic acid groups (broad SMARTS) is 1. The van der Waals surface area contributed by atoms with Crippen molar-refractivity contribution in [2.75, 3.05) is 6.54 Å². The third-order valence-corrected chi connectivity index (χ3v) is 2.34. The molecular formula is C5H12N2O4S. The Kier molecular flexibility index (Phi) is 4.98. The van der Waals surface area contributed by atoms with Gasteiger partial charge in [-0.3, -0.25) is 4.79 Å². The Morgan fingerprint density at radius 1 is 1.58 bits per heavy atom. The first kappa shape index (κ1) is 11.5. The maximum absolute atomic E-state index is 10.5. The zero-order valence-electron chi connectivity index (χ0n) is 6.34. The molecule has 0 fully saturated rings. The molecule has 0 aromatic carbocycles. The molecule has 0 spiro atoms. The molecule has 7 heteroatoms. The minimum atomic E-state index is -2.11. The van der Waals surface area contributed by atoms with Crippen LogP contribution < -0.4 is 11.5 Å². The van der Waals surface area contributed by atoms with Crippen LogP contribution >= 0.6 is 0 Å². The second-order valence-electron chi connectivity index (χ2n) is 2.31. The summed E-state index contributed by atoms with van der Waals surface area (Å²) < 4.78 is 19.1. The van der Waals surface area contributed by atoms with Crippen LogP contribution in [0, 0.1) is 0 Å². The molecular weight excluding hydrogens is 184 g/mol. The van der Waals surface area contributed by atoms with E-state index >= 15 is 0 Å². The van der Waals surface area contributed by atoms with E-state index in [2.05, 4.69) is 0 Å². The molecule has 0 aromatic heterocycles. The first-order valence-electron chi connectivity index (χ1n) is 3.27. The average molecular weight is 196 g/mol. The van der Waals surface area contributed by atoms with E-state index < -0.39 is 28.3 Å². The Hall–Kier alpha value is -0.500. The van der Waals surface area contributed by atoms with Crippen LogP contribution in [0.3, 0.4) is 0 Å². The minimum Gasteiger partial charge on any atom is -0.480 e. The van der Waals surface area contributed by atoms with Gasteiger partial charge in [0.2, 0.25) is 0 Å². The van der Waals surface area contributed by atoms with Crippen LogP contribution in [0.4, 0.5) is 0 Å². The van der Waals surface area contributed by atoms with Crippen LogP contribution in [0.25, 0.3) is 0 Å². The summed E-state index contributed by atoms with van der Waals surface area (Å²) in [4.78, 5) is 10.2. The van der Waals surface area contributed by atoms with Crippen molar-refractivity contribution in [2.45, 2.75) is 17.7 Å². The Morgan fingerprint density at radius 2 is 2.08 bits per heavy atom. The van der Waals surface area contributed by atoms with Gasteiger partial charge >= 0.3 is 5.97 Å². The lowest BCUT2D eigenvalue weighted by Gasteiger charge is -2.12. The predicted molar refractivity (Wildman–Crippen MR) is 43.8 cm³/mol. The molecule has 3 atom stereocenters. The van der Waals surface area contributed by atoms with Crippen molar-refractivity contribution in [3.63, 3.8) is 0 Å². The van der Waals surface area contributed by atoms with Gasteiger partial charge < -0.3 is 21.1 Å². The van der Waals surface area contributed by atoms with Gasteiger partial charge in [-0.2, -0.15) is 0 Å². The highest BCUT2D eigenvalue weighted by molar-refractivity contribution is 7.79. The lowest BCUT2D eigenvalue weighted by Crippen LogP contribution is -2.38. The number of nitrogens with two attached hydrogens (primary N) is 2. The molecule has 72 valence electrons. The molecule has 2 unspecified atom stereocenters. The lowest BCUT2D eigenvalue weighted by atomic mass is 10.2. The van der Waals surface area contributed by atoms with Crippen molar-refractivity contribution in [1.29, 1.82) is 0 Å². The van der Waals surface area contributed by atoms with Crippen molar-refractivity contribution in [2.24, 2.45) is 11.5 Å². The van der Waals surface area contributed by atoms with Gasteiger partial charge in [0.15, 0.2) is 11.1 Å². The quantitative estimate of drug-likeness (QED) is 0.390. The zero-order valence-corrected chi connectivity index (χ0v) is 7.16. The Morgan fingerprint density at radius 3 is 2.33 bits per heavy atom. The molecule has 0 bridgehead atoms. The molecule has 6 nitrogen and oxygen atoms in total. The summed E-state index contributed by atoms with van der Waals surface area (Å²) in [7, 11) is 0. The van der Waals surface area contributed by atoms with Gasteiger partial charge in [-0.05, 0) is 6.42 Å². The molecule has 0 aliphatic carbocycles. The fourth-order valence-electron chi connectivity index (χ4n) is 0.645. The number of aliphatic carboxylic acids is 1. The summed E-state index contributed by atoms with van der Waals surface area (Å²) in [6, 6.07) is -1.13. The van der Waals surface area contributed by atoms with Crippen LogP contribution in [0.2, 0.25) is 0 Å².